The third kappa shape index (κ3) is 5.93. The van der Waals surface area contributed by atoms with Crippen molar-refractivity contribution >= 4 is 62.0 Å². The topological polar surface area (TPSA) is 69.2 Å². The van der Waals surface area contributed by atoms with Crippen LogP contribution in [0.5, 0.6) is 17.2 Å². The number of halogens is 3. The van der Waals surface area contributed by atoms with E-state index in [4.69, 9.17) is 37.4 Å². The number of benzene rings is 4. The number of fused-ring (bicyclic) bond motifs is 1. The first-order valence-corrected chi connectivity index (χ1v) is 12.3. The van der Waals surface area contributed by atoms with Crippen LogP contribution in [0.4, 0.5) is 0 Å². The van der Waals surface area contributed by atoms with Gasteiger partial charge in [-0.15, -0.1) is 0 Å². The largest absolute Gasteiger partial charge is 0.496 e. The van der Waals surface area contributed by atoms with Crippen LogP contribution in [-0.4, -0.2) is 26.3 Å². The van der Waals surface area contributed by atoms with Crippen molar-refractivity contribution < 1.29 is 19.0 Å². The highest BCUT2D eigenvalue weighted by Crippen LogP contribution is 2.34. The number of carbonyl (C=O) groups excluding carboxylic acids is 1. The Balaban J connectivity index is 1.49. The fourth-order valence-electron chi connectivity index (χ4n) is 3.50. The standard InChI is InChI=1S/C27H21BrCl2N2O4/c1-34-24-10-17-6-4-3-5-16(17)9-21(24)27(33)32-31-14-19-11-25(35-2)26(13-22(19)28)36-15-18-7-8-20(29)12-23(18)30/h3-14H,15H2,1-2H3,(H,32,33)/b31-14-. The van der Waals surface area contributed by atoms with Crippen LogP contribution in [0.3, 0.4) is 0 Å². The lowest BCUT2D eigenvalue weighted by Gasteiger charge is -2.13. The van der Waals surface area contributed by atoms with Crippen LogP contribution < -0.4 is 19.6 Å². The Morgan fingerprint density at radius 2 is 1.67 bits per heavy atom. The number of hydrogen-bond donors (Lipinski definition) is 1. The molecule has 184 valence electrons. The molecule has 0 spiro atoms. The summed E-state index contributed by atoms with van der Waals surface area (Å²) >= 11 is 15.7. The van der Waals surface area contributed by atoms with Gasteiger partial charge in [0.05, 0.1) is 26.0 Å². The molecule has 0 unspecified atom stereocenters. The minimum absolute atomic E-state index is 0.232. The summed E-state index contributed by atoms with van der Waals surface area (Å²) in [5, 5.41) is 7.09. The van der Waals surface area contributed by atoms with E-state index in [9.17, 15) is 4.79 Å². The summed E-state index contributed by atoms with van der Waals surface area (Å²) in [5.41, 5.74) is 4.40. The van der Waals surface area contributed by atoms with Gasteiger partial charge < -0.3 is 14.2 Å². The second-order valence-electron chi connectivity index (χ2n) is 7.65. The molecule has 6 nitrogen and oxygen atoms in total. The third-order valence-electron chi connectivity index (χ3n) is 5.36. The molecule has 0 radical (unpaired) electrons. The van der Waals surface area contributed by atoms with E-state index in [1.807, 2.05) is 30.3 Å². The fraction of sp³-hybridized carbons (Fsp3) is 0.111. The Labute approximate surface area is 226 Å². The molecule has 4 aromatic rings. The molecule has 0 saturated heterocycles. The summed E-state index contributed by atoms with van der Waals surface area (Å²) in [6.07, 6.45) is 1.51. The number of hydrazone groups is 1. The first kappa shape index (κ1) is 25.8. The molecule has 1 amide bonds. The zero-order chi connectivity index (χ0) is 25.7. The van der Waals surface area contributed by atoms with E-state index in [0.717, 1.165) is 16.3 Å². The minimum atomic E-state index is -0.392. The normalized spacial score (nSPS) is 11.0. The highest BCUT2D eigenvalue weighted by molar-refractivity contribution is 9.10. The molecule has 4 rings (SSSR count). The summed E-state index contributed by atoms with van der Waals surface area (Å²) in [6.45, 7) is 0.232. The van der Waals surface area contributed by atoms with Gasteiger partial charge in [0, 0.05) is 25.6 Å². The average Bonchev–Trinajstić information content (AvgIpc) is 2.88. The molecule has 0 fully saturated rings. The van der Waals surface area contributed by atoms with Crippen LogP contribution in [-0.2, 0) is 6.61 Å². The Hall–Kier alpha value is -3.26. The second kappa shape index (κ2) is 11.6. The van der Waals surface area contributed by atoms with Crippen molar-refractivity contribution in [2.75, 3.05) is 14.2 Å². The predicted octanol–water partition coefficient (Wildman–Crippen LogP) is 7.27. The molecule has 1 N–H and O–H groups in total. The maximum atomic E-state index is 12.8. The maximum Gasteiger partial charge on any atom is 0.275 e. The van der Waals surface area contributed by atoms with Crippen LogP contribution in [0.25, 0.3) is 10.8 Å². The zero-order valence-electron chi connectivity index (χ0n) is 19.3. The molecule has 0 heterocycles. The van der Waals surface area contributed by atoms with Gasteiger partial charge in [-0.25, -0.2) is 5.43 Å². The number of methoxy groups -OCH3 is 2. The molecule has 9 heteroatoms. The van der Waals surface area contributed by atoms with Crippen LogP contribution in [0.2, 0.25) is 10.0 Å². The summed E-state index contributed by atoms with van der Waals surface area (Å²) in [4.78, 5) is 12.8. The van der Waals surface area contributed by atoms with Gasteiger partial charge in [0.25, 0.3) is 5.91 Å². The quantitative estimate of drug-likeness (QED) is 0.174. The van der Waals surface area contributed by atoms with E-state index in [-0.39, 0.29) is 6.61 Å². The zero-order valence-corrected chi connectivity index (χ0v) is 22.4. The number of nitrogens with one attached hydrogen (secondary N) is 1. The highest BCUT2D eigenvalue weighted by Gasteiger charge is 2.14. The van der Waals surface area contributed by atoms with E-state index >= 15 is 0 Å². The van der Waals surface area contributed by atoms with Crippen LogP contribution in [0.1, 0.15) is 21.5 Å². The number of rotatable bonds is 8. The van der Waals surface area contributed by atoms with E-state index in [2.05, 4.69) is 26.5 Å². The molecule has 4 aromatic carbocycles. The number of carbonyl (C=O) groups is 1. The molecule has 0 bridgehead atoms. The smallest absolute Gasteiger partial charge is 0.275 e. The van der Waals surface area contributed by atoms with Gasteiger partial charge in [0.2, 0.25) is 0 Å². The lowest BCUT2D eigenvalue weighted by Crippen LogP contribution is -2.18. The van der Waals surface area contributed by atoms with Gasteiger partial charge in [-0.2, -0.15) is 5.10 Å². The van der Waals surface area contributed by atoms with Crippen molar-refractivity contribution in [3.8, 4) is 17.2 Å². The summed E-state index contributed by atoms with van der Waals surface area (Å²) < 4.78 is 17.5. The van der Waals surface area contributed by atoms with Gasteiger partial charge in [0.15, 0.2) is 11.5 Å². The SMILES string of the molecule is COc1cc(/C=N\NC(=O)c2cc3ccccc3cc2OC)c(Br)cc1OCc1ccc(Cl)cc1Cl. The van der Waals surface area contributed by atoms with Crippen molar-refractivity contribution in [3.05, 3.63) is 97.9 Å². The Morgan fingerprint density at radius 1 is 0.944 bits per heavy atom. The Kier molecular flexibility index (Phi) is 8.36. The predicted molar refractivity (Wildman–Crippen MR) is 147 cm³/mol. The van der Waals surface area contributed by atoms with E-state index in [1.165, 1.54) is 13.3 Å². The van der Waals surface area contributed by atoms with Crippen molar-refractivity contribution in [1.29, 1.82) is 0 Å². The van der Waals surface area contributed by atoms with Crippen molar-refractivity contribution in [2.24, 2.45) is 5.10 Å². The van der Waals surface area contributed by atoms with Gasteiger partial charge in [-0.1, -0.05) is 53.5 Å². The molecule has 0 aliphatic rings. The monoisotopic (exact) mass is 586 g/mol. The number of amides is 1. The van der Waals surface area contributed by atoms with Gasteiger partial charge in [-0.05, 0) is 63.1 Å². The van der Waals surface area contributed by atoms with E-state index in [0.29, 0.717) is 42.9 Å². The maximum absolute atomic E-state index is 12.8. The fourth-order valence-corrected chi connectivity index (χ4v) is 4.39. The van der Waals surface area contributed by atoms with Crippen LogP contribution >= 0.6 is 39.1 Å². The van der Waals surface area contributed by atoms with Gasteiger partial charge in [0.1, 0.15) is 12.4 Å². The van der Waals surface area contributed by atoms with Gasteiger partial charge in [-0.3, -0.25) is 4.79 Å². The van der Waals surface area contributed by atoms with Crippen molar-refractivity contribution in [3.63, 3.8) is 0 Å². The van der Waals surface area contributed by atoms with Crippen molar-refractivity contribution in [1.82, 2.24) is 5.43 Å². The lowest BCUT2D eigenvalue weighted by atomic mass is 10.1. The molecule has 0 aliphatic carbocycles. The molecular formula is C27H21BrCl2N2O4. The number of nitrogens with zero attached hydrogens (tertiary/aromatic N) is 1. The van der Waals surface area contributed by atoms with Gasteiger partial charge >= 0.3 is 0 Å². The highest BCUT2D eigenvalue weighted by atomic mass is 79.9. The Bertz CT molecular complexity index is 1460. The lowest BCUT2D eigenvalue weighted by molar-refractivity contribution is 0.0952. The van der Waals surface area contributed by atoms with Crippen LogP contribution in [0, 0.1) is 0 Å². The first-order chi connectivity index (χ1) is 17.4. The van der Waals surface area contributed by atoms with E-state index < -0.39 is 5.91 Å². The van der Waals surface area contributed by atoms with Crippen LogP contribution in [0.15, 0.2) is 76.3 Å². The van der Waals surface area contributed by atoms with Crippen molar-refractivity contribution in [2.45, 2.75) is 6.61 Å². The summed E-state index contributed by atoms with van der Waals surface area (Å²) in [6, 6.07) is 20.1. The molecule has 0 aromatic heterocycles. The molecule has 0 saturated carbocycles. The molecule has 0 aliphatic heterocycles. The molecule has 36 heavy (non-hydrogen) atoms. The Morgan fingerprint density at radius 3 is 2.36 bits per heavy atom. The van der Waals surface area contributed by atoms with E-state index in [1.54, 1.807) is 43.5 Å². The second-order valence-corrected chi connectivity index (χ2v) is 9.35. The number of hydrogen-bond acceptors (Lipinski definition) is 5. The summed E-state index contributed by atoms with van der Waals surface area (Å²) in [5.74, 6) is 1.08. The summed E-state index contributed by atoms with van der Waals surface area (Å²) in [7, 11) is 3.07. The minimum Gasteiger partial charge on any atom is -0.496 e. The molecule has 0 atom stereocenters. The first-order valence-electron chi connectivity index (χ1n) is 10.7. The third-order valence-corrected chi connectivity index (χ3v) is 6.64. The number of ether oxygens (including phenoxy) is 3. The molecular weight excluding hydrogens is 567 g/mol. The average molecular weight is 588 g/mol.